The van der Waals surface area contributed by atoms with Crippen LogP contribution in [0.3, 0.4) is 0 Å². The van der Waals surface area contributed by atoms with E-state index in [2.05, 4.69) is 15.2 Å². The molecule has 3 aromatic rings. The highest BCUT2D eigenvalue weighted by Crippen LogP contribution is 2.29. The largest absolute Gasteiger partial charge is 0.378 e. The van der Waals surface area contributed by atoms with Crippen molar-refractivity contribution in [1.29, 1.82) is 0 Å². The number of rotatable bonds is 5. The van der Waals surface area contributed by atoms with Gasteiger partial charge in [-0.25, -0.2) is 8.42 Å². The van der Waals surface area contributed by atoms with Gasteiger partial charge in [0.15, 0.2) is 0 Å². The SMILES string of the molecule is O=C(Nc1ccc2ncccc2c1)c1cc(S(=O)(=O)N2CCCCC2)ccc1N1CCOCC1. The quantitative estimate of drug-likeness (QED) is 0.601. The average Bonchev–Trinajstić information content (AvgIpc) is 2.89. The first-order valence-corrected chi connectivity index (χ1v) is 13.1. The molecule has 0 unspecified atom stereocenters. The molecule has 34 heavy (non-hydrogen) atoms. The molecular formula is C25H28N4O4S. The van der Waals surface area contributed by atoms with Crippen LogP contribution in [-0.4, -0.2) is 63.0 Å². The average molecular weight is 481 g/mol. The molecule has 2 aromatic carbocycles. The second-order valence-corrected chi connectivity index (χ2v) is 10.5. The van der Waals surface area contributed by atoms with Crippen molar-refractivity contribution >= 4 is 38.2 Å². The van der Waals surface area contributed by atoms with Crippen LogP contribution in [0.4, 0.5) is 11.4 Å². The fraction of sp³-hybridized carbons (Fsp3) is 0.360. The van der Waals surface area contributed by atoms with E-state index < -0.39 is 10.0 Å². The number of ether oxygens (including phenoxy) is 1. The number of carbonyl (C=O) groups is 1. The van der Waals surface area contributed by atoms with Crippen LogP contribution in [0.15, 0.2) is 59.6 Å². The molecule has 0 aliphatic carbocycles. The number of aromatic nitrogens is 1. The lowest BCUT2D eigenvalue weighted by atomic mass is 10.1. The molecular weight excluding hydrogens is 452 g/mol. The van der Waals surface area contributed by atoms with Gasteiger partial charge in [0.2, 0.25) is 10.0 Å². The first kappa shape index (κ1) is 22.8. The smallest absolute Gasteiger partial charge is 0.257 e. The van der Waals surface area contributed by atoms with Crippen molar-refractivity contribution in [1.82, 2.24) is 9.29 Å². The zero-order chi connectivity index (χ0) is 23.5. The van der Waals surface area contributed by atoms with Crippen LogP contribution in [0.25, 0.3) is 10.9 Å². The molecule has 0 atom stereocenters. The molecule has 5 rings (SSSR count). The molecule has 0 saturated carbocycles. The highest BCUT2D eigenvalue weighted by Gasteiger charge is 2.28. The first-order chi connectivity index (χ1) is 16.5. The minimum atomic E-state index is -3.67. The summed E-state index contributed by atoms with van der Waals surface area (Å²) in [5, 5.41) is 3.87. The minimum Gasteiger partial charge on any atom is -0.378 e. The molecule has 178 valence electrons. The Labute approximate surface area is 199 Å². The summed E-state index contributed by atoms with van der Waals surface area (Å²) < 4.78 is 33.6. The molecule has 9 heteroatoms. The van der Waals surface area contributed by atoms with E-state index in [1.165, 1.54) is 10.4 Å². The highest BCUT2D eigenvalue weighted by molar-refractivity contribution is 7.89. The standard InChI is InChI=1S/C25H28N4O4S/c30-25(27-20-6-8-23-19(17-20)5-4-10-26-23)22-18-21(34(31,32)29-11-2-1-3-12-29)7-9-24(22)28-13-15-33-16-14-28/h4-10,17-18H,1-3,11-16H2,(H,27,30). The van der Waals surface area contributed by atoms with Crippen LogP contribution in [0.1, 0.15) is 29.6 Å². The molecule has 2 fully saturated rings. The molecule has 2 aliphatic heterocycles. The van der Waals surface area contributed by atoms with Gasteiger partial charge >= 0.3 is 0 Å². The van der Waals surface area contributed by atoms with E-state index in [4.69, 9.17) is 4.74 Å². The number of hydrogen-bond donors (Lipinski definition) is 1. The van der Waals surface area contributed by atoms with Crippen molar-refractivity contribution in [2.24, 2.45) is 0 Å². The van der Waals surface area contributed by atoms with Crippen LogP contribution >= 0.6 is 0 Å². The molecule has 0 radical (unpaired) electrons. The van der Waals surface area contributed by atoms with Gasteiger partial charge in [0.05, 0.1) is 29.2 Å². The van der Waals surface area contributed by atoms with Gasteiger partial charge in [-0.05, 0) is 55.3 Å². The number of nitrogens with zero attached hydrogens (tertiary/aromatic N) is 3. The van der Waals surface area contributed by atoms with Gasteiger partial charge < -0.3 is 15.0 Å². The van der Waals surface area contributed by atoms with E-state index in [1.54, 1.807) is 24.4 Å². The van der Waals surface area contributed by atoms with Crippen LogP contribution in [0.5, 0.6) is 0 Å². The number of hydrogen-bond acceptors (Lipinski definition) is 6. The number of carbonyl (C=O) groups excluding carboxylic acids is 1. The van der Waals surface area contributed by atoms with Crippen molar-refractivity contribution in [2.75, 3.05) is 49.6 Å². The second kappa shape index (κ2) is 9.69. The maximum Gasteiger partial charge on any atom is 0.257 e. The summed E-state index contributed by atoms with van der Waals surface area (Å²) in [6.07, 6.45) is 4.48. The molecule has 0 spiro atoms. The van der Waals surface area contributed by atoms with Gasteiger partial charge in [0.1, 0.15) is 0 Å². The lowest BCUT2D eigenvalue weighted by Crippen LogP contribution is -2.38. The Kier molecular flexibility index (Phi) is 6.49. The van der Waals surface area contributed by atoms with Crippen molar-refractivity contribution in [3.05, 3.63) is 60.3 Å². The number of amides is 1. The molecule has 2 saturated heterocycles. The van der Waals surface area contributed by atoms with E-state index in [9.17, 15) is 13.2 Å². The van der Waals surface area contributed by atoms with E-state index in [0.717, 1.165) is 30.2 Å². The third-order valence-electron chi connectivity index (χ3n) is 6.38. The van der Waals surface area contributed by atoms with Crippen molar-refractivity contribution in [2.45, 2.75) is 24.2 Å². The number of piperidine rings is 1. The number of pyridine rings is 1. The molecule has 0 bridgehead atoms. The molecule has 1 N–H and O–H groups in total. The monoisotopic (exact) mass is 480 g/mol. The fourth-order valence-electron chi connectivity index (χ4n) is 4.54. The third-order valence-corrected chi connectivity index (χ3v) is 8.27. The normalized spacial score (nSPS) is 17.6. The Hall–Kier alpha value is -3.01. The Morgan fingerprint density at radius 1 is 0.941 bits per heavy atom. The van der Waals surface area contributed by atoms with Crippen LogP contribution < -0.4 is 10.2 Å². The summed E-state index contributed by atoms with van der Waals surface area (Å²) in [6.45, 7) is 3.43. The van der Waals surface area contributed by atoms with Gasteiger partial charge in [-0.3, -0.25) is 9.78 Å². The summed E-state index contributed by atoms with van der Waals surface area (Å²) >= 11 is 0. The molecule has 3 heterocycles. The molecule has 8 nitrogen and oxygen atoms in total. The topological polar surface area (TPSA) is 91.8 Å². The van der Waals surface area contributed by atoms with Crippen LogP contribution in [0, 0.1) is 0 Å². The highest BCUT2D eigenvalue weighted by atomic mass is 32.2. The van der Waals surface area contributed by atoms with E-state index in [1.807, 2.05) is 24.3 Å². The Balaban J connectivity index is 1.50. The number of sulfonamides is 1. The van der Waals surface area contributed by atoms with Crippen LogP contribution in [-0.2, 0) is 14.8 Å². The summed E-state index contributed by atoms with van der Waals surface area (Å²) in [6, 6.07) is 14.2. The van der Waals surface area contributed by atoms with E-state index >= 15 is 0 Å². The van der Waals surface area contributed by atoms with Gasteiger partial charge in [-0.1, -0.05) is 12.5 Å². The van der Waals surface area contributed by atoms with Gasteiger partial charge in [0, 0.05) is 49.1 Å². The Morgan fingerprint density at radius 3 is 2.53 bits per heavy atom. The Bertz CT molecular complexity index is 1300. The lowest BCUT2D eigenvalue weighted by molar-refractivity contribution is 0.102. The van der Waals surface area contributed by atoms with Gasteiger partial charge in [0.25, 0.3) is 5.91 Å². The molecule has 1 amide bonds. The summed E-state index contributed by atoms with van der Waals surface area (Å²) in [4.78, 5) is 20.0. The fourth-order valence-corrected chi connectivity index (χ4v) is 6.09. The molecule has 2 aliphatic rings. The van der Waals surface area contributed by atoms with Crippen molar-refractivity contribution in [3.8, 4) is 0 Å². The second-order valence-electron chi connectivity index (χ2n) is 8.61. The maximum atomic E-state index is 13.5. The van der Waals surface area contributed by atoms with Crippen molar-refractivity contribution < 1.29 is 17.9 Å². The number of nitrogens with one attached hydrogen (secondary N) is 1. The van der Waals surface area contributed by atoms with Gasteiger partial charge in [-0.2, -0.15) is 4.31 Å². The summed E-state index contributed by atoms with van der Waals surface area (Å²) in [5.74, 6) is -0.347. The summed E-state index contributed by atoms with van der Waals surface area (Å²) in [5.41, 5.74) is 2.51. The number of benzene rings is 2. The number of fused-ring (bicyclic) bond motifs is 1. The summed E-state index contributed by atoms with van der Waals surface area (Å²) in [7, 11) is -3.67. The zero-order valence-electron chi connectivity index (χ0n) is 18.9. The van der Waals surface area contributed by atoms with E-state index in [0.29, 0.717) is 56.3 Å². The lowest BCUT2D eigenvalue weighted by Gasteiger charge is -2.31. The van der Waals surface area contributed by atoms with Gasteiger partial charge in [-0.15, -0.1) is 0 Å². The maximum absolute atomic E-state index is 13.5. The number of anilines is 2. The van der Waals surface area contributed by atoms with Crippen LogP contribution in [0.2, 0.25) is 0 Å². The zero-order valence-corrected chi connectivity index (χ0v) is 19.8. The molecule has 1 aromatic heterocycles. The predicted molar refractivity (Wildman–Crippen MR) is 132 cm³/mol. The van der Waals surface area contributed by atoms with E-state index in [-0.39, 0.29) is 10.8 Å². The Morgan fingerprint density at radius 2 is 1.74 bits per heavy atom. The third kappa shape index (κ3) is 4.64. The number of morpholine rings is 1. The van der Waals surface area contributed by atoms with Crippen molar-refractivity contribution in [3.63, 3.8) is 0 Å². The minimum absolute atomic E-state index is 0.152. The first-order valence-electron chi connectivity index (χ1n) is 11.7. The predicted octanol–water partition coefficient (Wildman–Crippen LogP) is 3.50.